The second-order valence-corrected chi connectivity index (χ2v) is 7.66. The van der Waals surface area contributed by atoms with E-state index < -0.39 is 0 Å². The van der Waals surface area contributed by atoms with Crippen LogP contribution in [0.2, 0.25) is 0 Å². The molecule has 6 heteroatoms. The average molecular weight is 412 g/mol. The zero-order chi connectivity index (χ0) is 21.2. The summed E-state index contributed by atoms with van der Waals surface area (Å²) in [5.74, 6) is 1.46. The minimum Gasteiger partial charge on any atom is -0.493 e. The van der Waals surface area contributed by atoms with Crippen molar-refractivity contribution in [2.75, 3.05) is 53.5 Å². The third-order valence-corrected chi connectivity index (χ3v) is 5.53. The summed E-state index contributed by atoms with van der Waals surface area (Å²) < 4.78 is 10.6. The summed E-state index contributed by atoms with van der Waals surface area (Å²) in [4.78, 5) is 15.3. The number of hydrogen-bond acceptors (Lipinski definition) is 3. The smallest absolute Gasteiger partial charge is 0.275 e. The van der Waals surface area contributed by atoms with E-state index in [0.29, 0.717) is 24.6 Å². The van der Waals surface area contributed by atoms with Crippen molar-refractivity contribution < 1.29 is 24.1 Å². The molecule has 30 heavy (non-hydrogen) atoms. The highest BCUT2D eigenvalue weighted by molar-refractivity contribution is 5.76. The second-order valence-electron chi connectivity index (χ2n) is 7.66. The Morgan fingerprint density at radius 3 is 2.37 bits per heavy atom. The summed E-state index contributed by atoms with van der Waals surface area (Å²) in [6.45, 7) is 6.30. The van der Waals surface area contributed by atoms with Crippen LogP contribution in [0.4, 0.5) is 0 Å². The normalized spacial score (nSPS) is 18.9. The highest BCUT2D eigenvalue weighted by Crippen LogP contribution is 2.27. The lowest BCUT2D eigenvalue weighted by molar-refractivity contribution is -1.01. The van der Waals surface area contributed by atoms with E-state index in [1.165, 1.54) is 10.5 Å². The molecular formula is C24H33N3O3+2. The van der Waals surface area contributed by atoms with Crippen molar-refractivity contribution >= 4 is 12.0 Å². The topological polar surface area (TPSA) is 56.4 Å². The molecule has 0 bridgehead atoms. The van der Waals surface area contributed by atoms with Gasteiger partial charge in [-0.2, -0.15) is 0 Å². The first-order valence-electron chi connectivity index (χ1n) is 10.5. The van der Waals surface area contributed by atoms with Crippen LogP contribution < -0.4 is 24.6 Å². The number of ether oxygens (including phenoxy) is 2. The Kier molecular flexibility index (Phi) is 8.30. The summed E-state index contributed by atoms with van der Waals surface area (Å²) >= 11 is 0. The highest BCUT2D eigenvalue weighted by atomic mass is 16.5. The van der Waals surface area contributed by atoms with Crippen LogP contribution in [0, 0.1) is 0 Å². The molecule has 1 saturated heterocycles. The quantitative estimate of drug-likeness (QED) is 0.537. The molecule has 0 atom stereocenters. The first-order valence-corrected chi connectivity index (χ1v) is 10.5. The monoisotopic (exact) mass is 411 g/mol. The van der Waals surface area contributed by atoms with Gasteiger partial charge in [-0.1, -0.05) is 42.5 Å². The molecule has 0 radical (unpaired) electrons. The highest BCUT2D eigenvalue weighted by Gasteiger charge is 2.23. The van der Waals surface area contributed by atoms with Gasteiger partial charge in [0.1, 0.15) is 26.2 Å². The standard InChI is InChI=1S/C24H31N3O3/c1-29-22-11-10-21(17-23(22)30-2)18-25-24(28)19-27-15-13-26(14-16-27)12-6-9-20-7-4-3-5-8-20/h3-11,17H,12-16,18-19H2,1-2H3,(H,25,28)/p+2/b9-6+. The van der Waals surface area contributed by atoms with Gasteiger partial charge in [-0.15, -0.1) is 0 Å². The largest absolute Gasteiger partial charge is 0.493 e. The van der Waals surface area contributed by atoms with E-state index in [9.17, 15) is 4.79 Å². The Labute approximate surface area is 179 Å². The summed E-state index contributed by atoms with van der Waals surface area (Å²) in [6.07, 6.45) is 4.44. The lowest BCUT2D eigenvalue weighted by atomic mass is 10.2. The van der Waals surface area contributed by atoms with Crippen molar-refractivity contribution in [1.29, 1.82) is 0 Å². The van der Waals surface area contributed by atoms with E-state index in [4.69, 9.17) is 9.47 Å². The molecular weight excluding hydrogens is 378 g/mol. The molecule has 2 aromatic carbocycles. The van der Waals surface area contributed by atoms with Crippen LogP contribution in [-0.2, 0) is 11.3 Å². The van der Waals surface area contributed by atoms with Crippen molar-refractivity contribution in [3.05, 3.63) is 65.7 Å². The Hall–Kier alpha value is -2.83. The number of hydrogen-bond donors (Lipinski definition) is 3. The molecule has 160 valence electrons. The van der Waals surface area contributed by atoms with Crippen LogP contribution in [0.5, 0.6) is 11.5 Å². The van der Waals surface area contributed by atoms with Crippen LogP contribution >= 0.6 is 0 Å². The van der Waals surface area contributed by atoms with Gasteiger partial charge in [0.15, 0.2) is 18.0 Å². The Morgan fingerprint density at radius 1 is 0.967 bits per heavy atom. The van der Waals surface area contributed by atoms with Crippen LogP contribution in [-0.4, -0.2) is 59.4 Å². The summed E-state index contributed by atoms with van der Waals surface area (Å²) in [5.41, 5.74) is 2.24. The molecule has 1 amide bonds. The number of nitrogens with one attached hydrogen (secondary N) is 3. The predicted molar refractivity (Wildman–Crippen MR) is 118 cm³/mol. The molecule has 0 spiro atoms. The van der Waals surface area contributed by atoms with Crippen LogP contribution in [0.25, 0.3) is 6.08 Å². The van der Waals surface area contributed by atoms with Crippen molar-refractivity contribution in [3.63, 3.8) is 0 Å². The van der Waals surface area contributed by atoms with Crippen molar-refractivity contribution in [3.8, 4) is 11.5 Å². The number of carbonyl (C=O) groups excluding carboxylic acids is 1. The maximum atomic E-state index is 12.4. The lowest BCUT2D eigenvalue weighted by Crippen LogP contribution is -3.28. The average Bonchev–Trinajstić information content (AvgIpc) is 2.79. The van der Waals surface area contributed by atoms with Crippen LogP contribution in [0.3, 0.4) is 0 Å². The summed E-state index contributed by atoms with van der Waals surface area (Å²) in [7, 11) is 3.23. The number of carbonyl (C=O) groups is 1. The third-order valence-electron chi connectivity index (χ3n) is 5.53. The second kappa shape index (κ2) is 11.4. The molecule has 2 aromatic rings. The number of piperazine rings is 1. The van der Waals surface area contributed by atoms with Crippen molar-refractivity contribution in [1.82, 2.24) is 5.32 Å². The first kappa shape index (κ1) is 21.9. The molecule has 3 rings (SSSR count). The van der Waals surface area contributed by atoms with E-state index >= 15 is 0 Å². The number of quaternary nitrogens is 2. The van der Waals surface area contributed by atoms with E-state index in [1.54, 1.807) is 19.1 Å². The van der Waals surface area contributed by atoms with Gasteiger partial charge in [-0.25, -0.2) is 0 Å². The molecule has 0 aromatic heterocycles. The molecule has 6 nitrogen and oxygen atoms in total. The molecule has 1 heterocycles. The Morgan fingerprint density at radius 2 is 1.67 bits per heavy atom. The minimum absolute atomic E-state index is 0.0900. The molecule has 0 aliphatic carbocycles. The number of methoxy groups -OCH3 is 2. The first-order chi connectivity index (χ1) is 14.7. The van der Waals surface area contributed by atoms with Crippen molar-refractivity contribution in [2.45, 2.75) is 6.54 Å². The Balaban J connectivity index is 1.36. The summed E-state index contributed by atoms with van der Waals surface area (Å²) in [5, 5.41) is 3.02. The van der Waals surface area contributed by atoms with Gasteiger partial charge < -0.3 is 24.6 Å². The van der Waals surface area contributed by atoms with Crippen molar-refractivity contribution in [2.24, 2.45) is 0 Å². The van der Waals surface area contributed by atoms with Gasteiger partial charge in [0, 0.05) is 6.54 Å². The van der Waals surface area contributed by atoms with E-state index in [1.807, 2.05) is 24.3 Å². The van der Waals surface area contributed by atoms with E-state index in [2.05, 4.69) is 41.7 Å². The number of amides is 1. The Bertz CT molecular complexity index is 831. The molecule has 0 saturated carbocycles. The van der Waals surface area contributed by atoms with Crippen LogP contribution in [0.15, 0.2) is 54.6 Å². The summed E-state index contributed by atoms with van der Waals surface area (Å²) in [6, 6.07) is 16.1. The fourth-order valence-electron chi connectivity index (χ4n) is 3.74. The van der Waals surface area contributed by atoms with Gasteiger partial charge in [-0.05, 0) is 29.3 Å². The zero-order valence-electron chi connectivity index (χ0n) is 17.9. The number of benzene rings is 2. The molecule has 1 fully saturated rings. The van der Waals surface area contributed by atoms with E-state index in [-0.39, 0.29) is 5.91 Å². The van der Waals surface area contributed by atoms with Gasteiger partial charge in [-0.3, -0.25) is 4.79 Å². The molecule has 1 aliphatic heterocycles. The minimum atomic E-state index is 0.0900. The molecule has 0 unspecified atom stereocenters. The van der Waals surface area contributed by atoms with Gasteiger partial charge >= 0.3 is 0 Å². The van der Waals surface area contributed by atoms with Gasteiger partial charge in [0.25, 0.3) is 5.91 Å². The van der Waals surface area contributed by atoms with Gasteiger partial charge in [0.05, 0.1) is 20.8 Å². The fraction of sp³-hybridized carbons (Fsp3) is 0.375. The van der Waals surface area contributed by atoms with Gasteiger partial charge in [0.2, 0.25) is 0 Å². The predicted octanol–water partition coefficient (Wildman–Crippen LogP) is -0.183. The third kappa shape index (κ3) is 6.61. The molecule has 1 aliphatic rings. The zero-order valence-corrected chi connectivity index (χ0v) is 17.9. The maximum Gasteiger partial charge on any atom is 0.275 e. The lowest BCUT2D eigenvalue weighted by Gasteiger charge is -2.28. The fourth-order valence-corrected chi connectivity index (χ4v) is 3.74. The molecule has 3 N–H and O–H groups in total. The van der Waals surface area contributed by atoms with Crippen LogP contribution in [0.1, 0.15) is 11.1 Å². The SMILES string of the molecule is COc1ccc(CNC(=O)C[NH+]2CC[NH+](C/C=C/c3ccccc3)CC2)cc1OC. The van der Waals surface area contributed by atoms with E-state index in [0.717, 1.165) is 38.3 Å². The maximum absolute atomic E-state index is 12.4. The number of rotatable bonds is 9.